The Labute approximate surface area is 202 Å². The van der Waals surface area contributed by atoms with E-state index < -0.39 is 25.4 Å². The van der Waals surface area contributed by atoms with Gasteiger partial charge in [-0.15, -0.1) is 0 Å². The molecule has 4 nitrogen and oxygen atoms in total. The number of rotatable bonds is 5. The highest BCUT2D eigenvalue weighted by molar-refractivity contribution is 5.88. The molecule has 0 aliphatic rings. The van der Waals surface area contributed by atoms with Crippen LogP contribution in [0.25, 0.3) is 5.57 Å². The van der Waals surface area contributed by atoms with E-state index in [-0.39, 0.29) is 5.97 Å². The average molecular weight is 507 g/mol. The molecule has 2 aromatic rings. The molecule has 0 saturated carbocycles. The van der Waals surface area contributed by atoms with Crippen LogP contribution in [0.5, 0.6) is 5.75 Å². The molecule has 0 fully saturated rings. The Hall–Kier alpha value is -3.11. The number of hydrogen-bond donors (Lipinski definition) is 2. The van der Waals surface area contributed by atoms with Gasteiger partial charge in [0.2, 0.25) is 0 Å². The van der Waals surface area contributed by atoms with Crippen LogP contribution in [0.4, 0.5) is 26.3 Å². The van der Waals surface area contributed by atoms with Gasteiger partial charge in [0.25, 0.3) is 0 Å². The van der Waals surface area contributed by atoms with Gasteiger partial charge in [-0.25, -0.2) is 4.79 Å². The first kappa shape index (κ1) is 34.1. The summed E-state index contributed by atoms with van der Waals surface area (Å²) in [4.78, 5) is 11.0. The SMILES string of the molecule is C=C(C)C(=O)Oc1ccccc1.C=C(C)c1ccccc1.CNCC(F)(F)F.CNCC(F)(F)F. The minimum absolute atomic E-state index is 0.388. The number of para-hydroxylation sites is 1. The normalized spacial score (nSPS) is 10.2. The van der Waals surface area contributed by atoms with E-state index in [0.717, 1.165) is 5.57 Å². The van der Waals surface area contributed by atoms with Crippen molar-refractivity contribution in [2.75, 3.05) is 27.2 Å². The molecule has 2 aromatic carbocycles. The zero-order valence-corrected chi connectivity index (χ0v) is 20.2. The fraction of sp³-hybridized carbons (Fsp3) is 0.320. The average Bonchev–Trinajstić information content (AvgIpc) is 2.75. The first-order chi connectivity index (χ1) is 16.1. The van der Waals surface area contributed by atoms with Crippen LogP contribution < -0.4 is 15.4 Å². The monoisotopic (exact) mass is 506 g/mol. The lowest BCUT2D eigenvalue weighted by atomic mass is 10.1. The van der Waals surface area contributed by atoms with Crippen molar-refractivity contribution in [3.63, 3.8) is 0 Å². The second-order valence-corrected chi connectivity index (χ2v) is 6.92. The molecule has 0 bridgehead atoms. The van der Waals surface area contributed by atoms with Crippen LogP contribution in [0, 0.1) is 0 Å². The molecule has 0 aliphatic carbocycles. The fourth-order valence-electron chi connectivity index (χ4n) is 1.81. The summed E-state index contributed by atoms with van der Waals surface area (Å²) < 4.78 is 70.9. The summed E-state index contributed by atoms with van der Waals surface area (Å²) in [6.07, 6.45) is -8.12. The molecular formula is C25H32F6N2O2. The van der Waals surface area contributed by atoms with Crippen molar-refractivity contribution in [1.82, 2.24) is 10.6 Å². The van der Waals surface area contributed by atoms with E-state index in [4.69, 9.17) is 4.74 Å². The van der Waals surface area contributed by atoms with Gasteiger partial charge in [0.15, 0.2) is 0 Å². The minimum atomic E-state index is -4.06. The predicted octanol–water partition coefficient (Wildman–Crippen LogP) is 6.42. The predicted molar refractivity (Wildman–Crippen MR) is 128 cm³/mol. The number of hydrogen-bond acceptors (Lipinski definition) is 4. The van der Waals surface area contributed by atoms with E-state index in [1.165, 1.54) is 19.7 Å². The second kappa shape index (κ2) is 18.2. The maximum absolute atomic E-state index is 11.0. The van der Waals surface area contributed by atoms with Crippen molar-refractivity contribution in [3.8, 4) is 5.75 Å². The van der Waals surface area contributed by atoms with Gasteiger partial charge >= 0.3 is 18.3 Å². The smallest absolute Gasteiger partial charge is 0.401 e. The summed E-state index contributed by atoms with van der Waals surface area (Å²) in [5.41, 5.74) is 2.74. The molecule has 0 spiro atoms. The number of alkyl halides is 6. The van der Waals surface area contributed by atoms with E-state index in [9.17, 15) is 31.1 Å². The summed E-state index contributed by atoms with van der Waals surface area (Å²) in [5.74, 6) is 0.159. The summed E-state index contributed by atoms with van der Waals surface area (Å²) >= 11 is 0. The lowest BCUT2D eigenvalue weighted by Gasteiger charge is -2.01. The zero-order chi connectivity index (χ0) is 27.5. The maximum atomic E-state index is 11.0. The van der Waals surface area contributed by atoms with Crippen LogP contribution in [0.15, 0.2) is 79.4 Å². The molecule has 0 amide bonds. The van der Waals surface area contributed by atoms with Crippen LogP contribution in [-0.4, -0.2) is 45.5 Å². The van der Waals surface area contributed by atoms with E-state index in [0.29, 0.717) is 11.3 Å². The van der Waals surface area contributed by atoms with Crippen molar-refractivity contribution >= 4 is 11.5 Å². The fourth-order valence-corrected chi connectivity index (χ4v) is 1.81. The largest absolute Gasteiger partial charge is 0.423 e. The quantitative estimate of drug-likeness (QED) is 0.213. The number of carbonyl (C=O) groups is 1. The first-order valence-corrected chi connectivity index (χ1v) is 10.2. The van der Waals surface area contributed by atoms with Gasteiger partial charge in [-0.1, -0.05) is 67.3 Å². The van der Waals surface area contributed by atoms with Gasteiger partial charge in [-0.05, 0) is 45.6 Å². The molecule has 0 unspecified atom stereocenters. The number of allylic oxidation sites excluding steroid dienone is 1. The standard InChI is InChI=1S/C10H10O2.C9H10.2C3H6F3N/c1-8(2)10(11)12-9-6-4-3-5-7-9;1-8(2)9-6-4-3-5-7-9;2*1-7-2-3(4,5)6/h3-7H,1H2,2H3;3-7H,1H2,2H3;2*7H,2H2,1H3. The molecule has 0 heterocycles. The molecule has 0 radical (unpaired) electrons. The van der Waals surface area contributed by atoms with E-state index in [2.05, 4.69) is 25.3 Å². The molecule has 0 aromatic heterocycles. The molecular weight excluding hydrogens is 474 g/mol. The van der Waals surface area contributed by atoms with Crippen LogP contribution >= 0.6 is 0 Å². The van der Waals surface area contributed by atoms with Gasteiger partial charge in [0.1, 0.15) is 5.75 Å². The topological polar surface area (TPSA) is 50.4 Å². The van der Waals surface area contributed by atoms with Gasteiger partial charge in [0.05, 0.1) is 13.1 Å². The van der Waals surface area contributed by atoms with Crippen LogP contribution in [-0.2, 0) is 4.79 Å². The third-order valence-corrected chi connectivity index (χ3v) is 3.32. The Kier molecular flexibility index (Phi) is 17.8. The molecule has 0 saturated heterocycles. The highest BCUT2D eigenvalue weighted by Crippen LogP contribution is 2.12. The number of esters is 1. The second-order valence-electron chi connectivity index (χ2n) is 6.92. The summed E-state index contributed by atoms with van der Waals surface area (Å²) in [6.45, 7) is 9.11. The third-order valence-electron chi connectivity index (χ3n) is 3.32. The highest BCUT2D eigenvalue weighted by atomic mass is 19.4. The van der Waals surface area contributed by atoms with Gasteiger partial charge in [0, 0.05) is 5.57 Å². The molecule has 2 N–H and O–H groups in total. The van der Waals surface area contributed by atoms with Crippen molar-refractivity contribution < 1.29 is 35.9 Å². The summed E-state index contributed by atoms with van der Waals surface area (Å²) in [7, 11) is 2.51. The van der Waals surface area contributed by atoms with Crippen molar-refractivity contribution in [3.05, 3.63) is 85.0 Å². The Bertz CT molecular complexity index is 836. The van der Waals surface area contributed by atoms with E-state index in [1.54, 1.807) is 31.2 Å². The van der Waals surface area contributed by atoms with E-state index >= 15 is 0 Å². The Morgan fingerprint density at radius 1 is 0.771 bits per heavy atom. The van der Waals surface area contributed by atoms with E-state index in [1.807, 2.05) is 41.8 Å². The summed E-state index contributed by atoms with van der Waals surface area (Å²) in [5, 5.41) is 3.97. The van der Waals surface area contributed by atoms with Gasteiger partial charge < -0.3 is 15.4 Å². The number of ether oxygens (including phenoxy) is 1. The van der Waals surface area contributed by atoms with Crippen molar-refractivity contribution in [2.24, 2.45) is 0 Å². The Balaban J connectivity index is 0. The summed E-state index contributed by atoms with van der Waals surface area (Å²) in [6, 6.07) is 19.1. The Morgan fingerprint density at radius 2 is 1.14 bits per heavy atom. The van der Waals surface area contributed by atoms with Crippen LogP contribution in [0.1, 0.15) is 19.4 Å². The number of benzene rings is 2. The highest BCUT2D eigenvalue weighted by Gasteiger charge is 2.25. The maximum Gasteiger partial charge on any atom is 0.401 e. The van der Waals surface area contributed by atoms with Crippen LogP contribution in [0.3, 0.4) is 0 Å². The van der Waals surface area contributed by atoms with Crippen molar-refractivity contribution in [1.29, 1.82) is 0 Å². The minimum Gasteiger partial charge on any atom is -0.423 e. The lowest BCUT2D eigenvalue weighted by molar-refractivity contribution is -0.130. The van der Waals surface area contributed by atoms with Crippen LogP contribution in [0.2, 0.25) is 0 Å². The molecule has 35 heavy (non-hydrogen) atoms. The third kappa shape index (κ3) is 23.8. The van der Waals surface area contributed by atoms with Gasteiger partial charge in [-0.2, -0.15) is 26.3 Å². The van der Waals surface area contributed by atoms with Crippen molar-refractivity contribution in [2.45, 2.75) is 26.2 Å². The number of halogens is 6. The molecule has 10 heteroatoms. The molecule has 0 aliphatic heterocycles. The number of carbonyl (C=O) groups excluding carboxylic acids is 1. The molecule has 0 atom stereocenters. The molecule has 2 rings (SSSR count). The first-order valence-electron chi connectivity index (χ1n) is 10.2. The molecule has 196 valence electrons. The zero-order valence-electron chi connectivity index (χ0n) is 20.2. The number of nitrogens with one attached hydrogen (secondary N) is 2. The van der Waals surface area contributed by atoms with Gasteiger partial charge in [-0.3, -0.25) is 0 Å². The Morgan fingerprint density at radius 3 is 1.37 bits per heavy atom. The lowest BCUT2D eigenvalue weighted by Crippen LogP contribution is -2.25.